The Bertz CT molecular complexity index is 970. The van der Waals surface area contributed by atoms with Crippen LogP contribution in [0.1, 0.15) is 27.8 Å². The molecule has 28 heavy (non-hydrogen) atoms. The first-order valence-electron chi connectivity index (χ1n) is 8.54. The van der Waals surface area contributed by atoms with E-state index in [0.717, 1.165) is 11.4 Å². The van der Waals surface area contributed by atoms with E-state index in [1.165, 1.54) is 18.4 Å². The molecule has 0 aliphatic rings. The van der Waals surface area contributed by atoms with Crippen molar-refractivity contribution >= 4 is 39.7 Å². The number of methoxy groups -OCH3 is 1. The zero-order valence-electron chi connectivity index (χ0n) is 15.4. The average Bonchev–Trinajstić information content (AvgIpc) is 3.18. The fourth-order valence-electron chi connectivity index (χ4n) is 2.43. The van der Waals surface area contributed by atoms with Crippen molar-refractivity contribution in [3.05, 3.63) is 65.2 Å². The SMILES string of the molecule is CCOc1ccc(Nc2nc(C(=O)Nc3ccccc3C(=O)OC)cs2)cc1. The standard InChI is InChI=1S/C20H19N3O4S/c1-3-27-14-10-8-13(9-11-14)21-20-23-17(12-28-20)18(24)22-16-7-5-4-6-15(16)19(25)26-2/h4-12H,3H2,1-2H3,(H,21,23)(H,22,24). The number of thiazole rings is 1. The van der Waals surface area contributed by atoms with Crippen LogP contribution < -0.4 is 15.4 Å². The Kier molecular flexibility index (Phi) is 6.23. The van der Waals surface area contributed by atoms with Crippen molar-refractivity contribution in [3.8, 4) is 5.75 Å². The summed E-state index contributed by atoms with van der Waals surface area (Å²) in [5.74, 6) is -0.143. The number of amides is 1. The summed E-state index contributed by atoms with van der Waals surface area (Å²) in [6, 6.07) is 14.1. The molecule has 0 aliphatic carbocycles. The molecule has 144 valence electrons. The second-order valence-electron chi connectivity index (χ2n) is 5.61. The molecule has 0 spiro atoms. The van der Waals surface area contributed by atoms with Crippen LogP contribution in [0.25, 0.3) is 0 Å². The van der Waals surface area contributed by atoms with E-state index in [4.69, 9.17) is 9.47 Å². The van der Waals surface area contributed by atoms with Crippen molar-refractivity contribution in [1.82, 2.24) is 4.98 Å². The highest BCUT2D eigenvalue weighted by molar-refractivity contribution is 7.14. The van der Waals surface area contributed by atoms with Crippen LogP contribution in [0.3, 0.4) is 0 Å². The highest BCUT2D eigenvalue weighted by Gasteiger charge is 2.16. The van der Waals surface area contributed by atoms with E-state index >= 15 is 0 Å². The number of para-hydroxylation sites is 1. The molecule has 7 nitrogen and oxygen atoms in total. The van der Waals surface area contributed by atoms with Gasteiger partial charge in [0.1, 0.15) is 11.4 Å². The number of carbonyl (C=O) groups excluding carboxylic acids is 2. The number of benzene rings is 2. The van der Waals surface area contributed by atoms with Gasteiger partial charge in [-0.3, -0.25) is 4.79 Å². The second kappa shape index (κ2) is 9.01. The average molecular weight is 397 g/mol. The Hall–Kier alpha value is -3.39. The summed E-state index contributed by atoms with van der Waals surface area (Å²) >= 11 is 1.31. The lowest BCUT2D eigenvalue weighted by Crippen LogP contribution is -2.15. The number of hydrogen-bond acceptors (Lipinski definition) is 7. The normalized spacial score (nSPS) is 10.2. The van der Waals surface area contributed by atoms with E-state index in [9.17, 15) is 9.59 Å². The van der Waals surface area contributed by atoms with Crippen LogP contribution in [-0.4, -0.2) is 30.6 Å². The molecular formula is C20H19N3O4S. The molecule has 0 unspecified atom stereocenters. The predicted molar refractivity (Wildman–Crippen MR) is 109 cm³/mol. The second-order valence-corrected chi connectivity index (χ2v) is 6.47. The third kappa shape index (κ3) is 4.66. The number of esters is 1. The smallest absolute Gasteiger partial charge is 0.339 e. The molecule has 2 N–H and O–H groups in total. The molecule has 8 heteroatoms. The minimum Gasteiger partial charge on any atom is -0.494 e. The third-order valence-corrected chi connectivity index (χ3v) is 4.49. The van der Waals surface area contributed by atoms with Crippen molar-refractivity contribution in [2.75, 3.05) is 24.4 Å². The van der Waals surface area contributed by atoms with Crippen LogP contribution in [0.5, 0.6) is 5.75 Å². The number of anilines is 3. The van der Waals surface area contributed by atoms with Crippen LogP contribution in [0.15, 0.2) is 53.9 Å². The topological polar surface area (TPSA) is 89.5 Å². The predicted octanol–water partition coefficient (Wildman–Crippen LogP) is 4.32. The first-order valence-corrected chi connectivity index (χ1v) is 9.42. The molecule has 0 fully saturated rings. The minimum atomic E-state index is -0.521. The number of carbonyl (C=O) groups is 2. The first kappa shape index (κ1) is 19.4. The first-order chi connectivity index (χ1) is 13.6. The number of nitrogens with one attached hydrogen (secondary N) is 2. The highest BCUT2D eigenvalue weighted by atomic mass is 32.1. The maximum atomic E-state index is 12.5. The lowest BCUT2D eigenvalue weighted by atomic mass is 10.2. The van der Waals surface area contributed by atoms with Crippen molar-refractivity contribution in [2.24, 2.45) is 0 Å². The van der Waals surface area contributed by atoms with Gasteiger partial charge in [-0.1, -0.05) is 12.1 Å². The van der Waals surface area contributed by atoms with Crippen LogP contribution in [0.4, 0.5) is 16.5 Å². The van der Waals surface area contributed by atoms with E-state index in [1.54, 1.807) is 29.6 Å². The van der Waals surface area contributed by atoms with E-state index in [1.807, 2.05) is 31.2 Å². The van der Waals surface area contributed by atoms with Gasteiger partial charge in [0.15, 0.2) is 5.13 Å². The molecule has 0 radical (unpaired) electrons. The van der Waals surface area contributed by atoms with E-state index in [-0.39, 0.29) is 11.3 Å². The molecular weight excluding hydrogens is 378 g/mol. The quantitative estimate of drug-likeness (QED) is 0.577. The molecule has 0 saturated carbocycles. The van der Waals surface area contributed by atoms with E-state index < -0.39 is 11.9 Å². The molecule has 0 atom stereocenters. The fraction of sp³-hybridized carbons (Fsp3) is 0.150. The van der Waals surface area contributed by atoms with Crippen LogP contribution >= 0.6 is 11.3 Å². The van der Waals surface area contributed by atoms with Gasteiger partial charge in [-0.2, -0.15) is 0 Å². The molecule has 0 saturated heterocycles. The summed E-state index contributed by atoms with van der Waals surface area (Å²) in [4.78, 5) is 28.6. The molecule has 1 aromatic heterocycles. The number of hydrogen-bond donors (Lipinski definition) is 2. The third-order valence-electron chi connectivity index (χ3n) is 3.73. The Morgan fingerprint density at radius 1 is 1.11 bits per heavy atom. The van der Waals surface area contributed by atoms with Gasteiger partial charge in [0.25, 0.3) is 5.91 Å². The molecule has 3 aromatic rings. The van der Waals surface area contributed by atoms with Crippen molar-refractivity contribution in [2.45, 2.75) is 6.92 Å². The van der Waals surface area contributed by atoms with Crippen molar-refractivity contribution < 1.29 is 19.1 Å². The lowest BCUT2D eigenvalue weighted by Gasteiger charge is -2.08. The summed E-state index contributed by atoms with van der Waals surface area (Å²) in [5.41, 5.74) is 1.73. The summed E-state index contributed by atoms with van der Waals surface area (Å²) in [6.45, 7) is 2.54. The molecule has 3 rings (SSSR count). The largest absolute Gasteiger partial charge is 0.494 e. The summed E-state index contributed by atoms with van der Waals surface area (Å²) in [7, 11) is 1.29. The van der Waals surface area contributed by atoms with Crippen molar-refractivity contribution in [1.29, 1.82) is 0 Å². The summed E-state index contributed by atoms with van der Waals surface area (Å²) in [6.07, 6.45) is 0. The lowest BCUT2D eigenvalue weighted by molar-refractivity contribution is 0.0602. The molecule has 2 aromatic carbocycles. The van der Waals surface area contributed by atoms with Crippen LogP contribution in [-0.2, 0) is 4.74 Å². The molecule has 0 aliphatic heterocycles. The molecule has 1 amide bonds. The van der Waals surface area contributed by atoms with Gasteiger partial charge in [-0.05, 0) is 43.3 Å². The summed E-state index contributed by atoms with van der Waals surface area (Å²) < 4.78 is 10.1. The Labute approximate surface area is 166 Å². The highest BCUT2D eigenvalue weighted by Crippen LogP contribution is 2.24. The fourth-order valence-corrected chi connectivity index (χ4v) is 3.14. The van der Waals surface area contributed by atoms with Gasteiger partial charge in [0, 0.05) is 11.1 Å². The number of ether oxygens (including phenoxy) is 2. The summed E-state index contributed by atoms with van der Waals surface area (Å²) in [5, 5.41) is 8.07. The monoisotopic (exact) mass is 397 g/mol. The number of nitrogens with zero attached hydrogens (tertiary/aromatic N) is 1. The van der Waals surface area contributed by atoms with E-state index in [2.05, 4.69) is 15.6 Å². The van der Waals surface area contributed by atoms with Gasteiger partial charge in [-0.15, -0.1) is 11.3 Å². The zero-order chi connectivity index (χ0) is 19.9. The van der Waals surface area contributed by atoms with Gasteiger partial charge in [0.05, 0.1) is 25.0 Å². The Morgan fingerprint density at radius 3 is 2.57 bits per heavy atom. The molecule has 1 heterocycles. The van der Waals surface area contributed by atoms with Crippen LogP contribution in [0, 0.1) is 0 Å². The van der Waals surface area contributed by atoms with Gasteiger partial charge in [0.2, 0.25) is 0 Å². The van der Waals surface area contributed by atoms with Crippen LogP contribution in [0.2, 0.25) is 0 Å². The maximum absolute atomic E-state index is 12.5. The zero-order valence-corrected chi connectivity index (χ0v) is 16.2. The van der Waals surface area contributed by atoms with Gasteiger partial charge in [-0.25, -0.2) is 9.78 Å². The Morgan fingerprint density at radius 2 is 1.86 bits per heavy atom. The number of rotatable bonds is 7. The number of aromatic nitrogens is 1. The van der Waals surface area contributed by atoms with E-state index in [0.29, 0.717) is 17.4 Å². The maximum Gasteiger partial charge on any atom is 0.339 e. The Balaban J connectivity index is 1.68. The van der Waals surface area contributed by atoms with Crippen molar-refractivity contribution in [3.63, 3.8) is 0 Å². The van der Waals surface area contributed by atoms with Gasteiger partial charge >= 0.3 is 5.97 Å². The molecule has 0 bridgehead atoms. The minimum absolute atomic E-state index is 0.248. The van der Waals surface area contributed by atoms with Gasteiger partial charge < -0.3 is 20.1 Å².